The van der Waals surface area contributed by atoms with Gasteiger partial charge in [-0.05, 0) is 19.1 Å². The van der Waals surface area contributed by atoms with Crippen LogP contribution in [0.4, 0.5) is 13.2 Å². The summed E-state index contributed by atoms with van der Waals surface area (Å²) in [5.41, 5.74) is 0.459. The molecule has 0 saturated carbocycles. The molecule has 3 heterocycles. The third kappa shape index (κ3) is 4.23. The third-order valence-electron chi connectivity index (χ3n) is 4.22. The van der Waals surface area contributed by atoms with Crippen molar-refractivity contribution in [1.29, 1.82) is 0 Å². The minimum absolute atomic E-state index is 0.000979. The van der Waals surface area contributed by atoms with E-state index in [0.717, 1.165) is 18.0 Å². The Morgan fingerprint density at radius 3 is 2.52 bits per heavy atom. The summed E-state index contributed by atoms with van der Waals surface area (Å²) in [6, 6.07) is 3.79. The fourth-order valence-corrected chi connectivity index (χ4v) is 3.51. The van der Waals surface area contributed by atoms with Gasteiger partial charge in [0.2, 0.25) is 0 Å². The number of H-pyrrole nitrogens is 2. The fraction of sp³-hybridized carbons (Fsp3) is 0.105. The molecule has 31 heavy (non-hydrogen) atoms. The number of aryl methyl sites for hydroxylation is 1. The quantitative estimate of drug-likeness (QED) is 0.394. The molecular formula is C19H13F3N6O2S. The topological polar surface area (TPSA) is 116 Å². The molecule has 1 amide bonds. The first-order valence-electron chi connectivity index (χ1n) is 8.82. The second-order valence-electron chi connectivity index (χ2n) is 6.50. The Bertz CT molecular complexity index is 1270. The molecular weight excluding hydrogens is 433 g/mol. The van der Waals surface area contributed by atoms with Gasteiger partial charge in [0.1, 0.15) is 33.8 Å². The van der Waals surface area contributed by atoms with Crippen molar-refractivity contribution in [2.75, 3.05) is 0 Å². The number of aromatic amines is 2. The summed E-state index contributed by atoms with van der Waals surface area (Å²) in [6.07, 6.45) is 1.14. The Hall–Kier alpha value is -3.80. The average Bonchev–Trinajstić information content (AvgIpc) is 3.45. The highest BCUT2D eigenvalue weighted by atomic mass is 32.1. The van der Waals surface area contributed by atoms with E-state index in [2.05, 4.69) is 30.7 Å². The molecule has 0 aliphatic heterocycles. The van der Waals surface area contributed by atoms with E-state index in [9.17, 15) is 22.8 Å². The molecule has 4 rings (SSSR count). The zero-order chi connectivity index (χ0) is 22.1. The van der Waals surface area contributed by atoms with Crippen LogP contribution in [0.5, 0.6) is 0 Å². The van der Waals surface area contributed by atoms with Gasteiger partial charge in [0.15, 0.2) is 10.8 Å². The Balaban J connectivity index is 1.43. The van der Waals surface area contributed by atoms with Crippen LogP contribution >= 0.6 is 11.3 Å². The van der Waals surface area contributed by atoms with Crippen LogP contribution in [-0.4, -0.2) is 37.1 Å². The summed E-state index contributed by atoms with van der Waals surface area (Å²) in [5, 5.41) is 18.6. The molecule has 0 aliphatic carbocycles. The number of nitrogens with one attached hydrogen (secondary N) is 3. The molecule has 0 saturated heterocycles. The number of amides is 1. The van der Waals surface area contributed by atoms with E-state index in [0.29, 0.717) is 27.8 Å². The molecule has 0 unspecified atom stereocenters. The van der Waals surface area contributed by atoms with Crippen molar-refractivity contribution in [2.24, 2.45) is 0 Å². The van der Waals surface area contributed by atoms with Gasteiger partial charge in [-0.1, -0.05) is 11.3 Å². The van der Waals surface area contributed by atoms with Gasteiger partial charge in [0.25, 0.3) is 5.91 Å². The van der Waals surface area contributed by atoms with E-state index < -0.39 is 34.7 Å². The van der Waals surface area contributed by atoms with Crippen molar-refractivity contribution in [3.05, 3.63) is 75.4 Å². The number of rotatable bonds is 6. The third-order valence-corrected chi connectivity index (χ3v) is 5.16. The highest BCUT2D eigenvalue weighted by Crippen LogP contribution is 2.22. The second kappa shape index (κ2) is 8.14. The van der Waals surface area contributed by atoms with Gasteiger partial charge in [0.05, 0.1) is 12.1 Å². The zero-order valence-electron chi connectivity index (χ0n) is 15.8. The molecule has 4 aromatic rings. The van der Waals surface area contributed by atoms with E-state index in [4.69, 9.17) is 0 Å². The maximum absolute atomic E-state index is 13.8. The first kappa shape index (κ1) is 20.5. The van der Waals surface area contributed by atoms with Crippen molar-refractivity contribution in [3.8, 4) is 10.7 Å². The number of ketones is 1. The molecule has 0 fully saturated rings. The van der Waals surface area contributed by atoms with E-state index in [1.54, 1.807) is 0 Å². The lowest BCUT2D eigenvalue weighted by Gasteiger charge is -2.03. The van der Waals surface area contributed by atoms with Crippen LogP contribution < -0.4 is 5.32 Å². The SMILES string of the molecule is Cc1cc(-c2nnc(CNC(=O)c3cc(C(=O)c4c(F)cc(F)cc4F)c[nH]3)s2)n[nH]1. The smallest absolute Gasteiger partial charge is 0.268 e. The van der Waals surface area contributed by atoms with E-state index in [1.807, 2.05) is 13.0 Å². The van der Waals surface area contributed by atoms with Gasteiger partial charge in [-0.2, -0.15) is 5.10 Å². The number of carbonyl (C=O) groups is 2. The molecule has 0 spiro atoms. The Kier molecular flexibility index (Phi) is 5.38. The number of halogens is 3. The average molecular weight is 446 g/mol. The minimum Gasteiger partial charge on any atom is -0.356 e. The van der Waals surface area contributed by atoms with Gasteiger partial charge in [-0.25, -0.2) is 13.2 Å². The van der Waals surface area contributed by atoms with Crippen LogP contribution in [0.1, 0.15) is 37.1 Å². The van der Waals surface area contributed by atoms with Crippen molar-refractivity contribution >= 4 is 23.0 Å². The van der Waals surface area contributed by atoms with Crippen LogP contribution in [0.15, 0.2) is 30.5 Å². The number of hydrogen-bond donors (Lipinski definition) is 3. The Morgan fingerprint density at radius 1 is 1.10 bits per heavy atom. The van der Waals surface area contributed by atoms with E-state index in [-0.39, 0.29) is 17.8 Å². The van der Waals surface area contributed by atoms with Gasteiger partial charge < -0.3 is 10.3 Å². The highest BCUT2D eigenvalue weighted by Gasteiger charge is 2.22. The lowest BCUT2D eigenvalue weighted by molar-refractivity contribution is 0.0946. The molecule has 3 aromatic heterocycles. The monoisotopic (exact) mass is 446 g/mol. The normalized spacial score (nSPS) is 11.0. The summed E-state index contributed by atoms with van der Waals surface area (Å²) >= 11 is 1.25. The van der Waals surface area contributed by atoms with Crippen LogP contribution in [0, 0.1) is 24.4 Å². The molecule has 0 aliphatic rings. The van der Waals surface area contributed by atoms with Crippen molar-refractivity contribution in [2.45, 2.75) is 13.5 Å². The maximum atomic E-state index is 13.8. The van der Waals surface area contributed by atoms with Crippen LogP contribution in [0.25, 0.3) is 10.7 Å². The van der Waals surface area contributed by atoms with Crippen LogP contribution in [0.3, 0.4) is 0 Å². The maximum Gasteiger partial charge on any atom is 0.268 e. The number of benzene rings is 1. The van der Waals surface area contributed by atoms with Crippen molar-refractivity contribution in [3.63, 3.8) is 0 Å². The summed E-state index contributed by atoms with van der Waals surface area (Å²) in [5.74, 6) is -5.37. The van der Waals surface area contributed by atoms with Gasteiger partial charge >= 0.3 is 0 Å². The van der Waals surface area contributed by atoms with Crippen LogP contribution in [-0.2, 0) is 6.54 Å². The molecule has 1 aromatic carbocycles. The lowest BCUT2D eigenvalue weighted by atomic mass is 10.0. The second-order valence-corrected chi connectivity index (χ2v) is 7.56. The van der Waals surface area contributed by atoms with Gasteiger partial charge in [-0.3, -0.25) is 14.7 Å². The summed E-state index contributed by atoms with van der Waals surface area (Å²) < 4.78 is 40.7. The molecule has 3 N–H and O–H groups in total. The first-order chi connectivity index (χ1) is 14.8. The molecule has 0 bridgehead atoms. The Morgan fingerprint density at radius 2 is 1.84 bits per heavy atom. The molecule has 12 heteroatoms. The standard InChI is InChI=1S/C19H13F3N6O2S/c1-8-2-14(26-25-8)19-28-27-15(31-19)7-24-18(30)13-3-9(6-23-13)17(29)16-11(21)4-10(20)5-12(16)22/h2-6,23H,7H2,1H3,(H,24,30)(H,25,26). The van der Waals surface area contributed by atoms with Crippen LogP contribution in [0.2, 0.25) is 0 Å². The highest BCUT2D eigenvalue weighted by molar-refractivity contribution is 7.14. The molecule has 0 atom stereocenters. The van der Waals surface area contributed by atoms with E-state index in [1.165, 1.54) is 11.3 Å². The number of aromatic nitrogens is 5. The lowest BCUT2D eigenvalue weighted by Crippen LogP contribution is -2.23. The van der Waals surface area contributed by atoms with Crippen molar-refractivity contribution < 1.29 is 22.8 Å². The summed E-state index contributed by atoms with van der Waals surface area (Å²) in [7, 11) is 0. The molecule has 8 nitrogen and oxygen atoms in total. The first-order valence-corrected chi connectivity index (χ1v) is 9.64. The largest absolute Gasteiger partial charge is 0.356 e. The Labute approximate surface area is 176 Å². The number of nitrogens with zero attached hydrogens (tertiary/aromatic N) is 3. The fourth-order valence-electron chi connectivity index (χ4n) is 2.77. The number of hydrogen-bond acceptors (Lipinski definition) is 6. The number of carbonyl (C=O) groups excluding carboxylic acids is 2. The zero-order valence-corrected chi connectivity index (χ0v) is 16.6. The minimum atomic E-state index is -1.33. The van der Waals surface area contributed by atoms with Gasteiger partial charge in [0, 0.05) is 29.6 Å². The van der Waals surface area contributed by atoms with Crippen molar-refractivity contribution in [1.82, 2.24) is 30.7 Å². The summed E-state index contributed by atoms with van der Waals surface area (Å²) in [6.45, 7) is 1.93. The predicted molar refractivity (Wildman–Crippen MR) is 104 cm³/mol. The van der Waals surface area contributed by atoms with E-state index >= 15 is 0 Å². The molecule has 158 valence electrons. The molecule has 0 radical (unpaired) electrons. The van der Waals surface area contributed by atoms with Gasteiger partial charge in [-0.15, -0.1) is 10.2 Å². The predicted octanol–water partition coefficient (Wildman–Crippen LogP) is 3.14. The summed E-state index contributed by atoms with van der Waals surface area (Å²) in [4.78, 5) is 27.3.